The molecule has 2 aromatic heterocycles. The minimum Gasteiger partial charge on any atom is -0.396 e. The van der Waals surface area contributed by atoms with E-state index in [0.29, 0.717) is 11.3 Å². The fraction of sp³-hybridized carbons (Fsp3) is 0.440. The second kappa shape index (κ2) is 8.59. The minimum atomic E-state index is -0.650. The molecule has 0 aromatic carbocycles. The van der Waals surface area contributed by atoms with E-state index in [1.807, 2.05) is 19.1 Å². The number of nitrogens with one attached hydrogen (secondary N) is 1. The quantitative estimate of drug-likeness (QED) is 0.725. The molecular formula is C25H28N4O4. The fourth-order valence-corrected chi connectivity index (χ4v) is 5.48. The van der Waals surface area contributed by atoms with Gasteiger partial charge in [0.2, 0.25) is 5.91 Å². The van der Waals surface area contributed by atoms with Crippen LogP contribution < -0.4 is 10.9 Å². The summed E-state index contributed by atoms with van der Waals surface area (Å²) in [5, 5.41) is 13.5. The van der Waals surface area contributed by atoms with Crippen LogP contribution in [0.5, 0.6) is 0 Å². The van der Waals surface area contributed by atoms with Gasteiger partial charge < -0.3 is 19.9 Å². The Hall–Kier alpha value is -3.26. The molecule has 8 nitrogen and oxygen atoms in total. The number of aromatic nitrogens is 2. The minimum absolute atomic E-state index is 0.136. The highest BCUT2D eigenvalue weighted by atomic mass is 16.3. The summed E-state index contributed by atoms with van der Waals surface area (Å²) in [5.74, 6) is -1.58. The van der Waals surface area contributed by atoms with E-state index in [9.17, 15) is 19.5 Å². The number of fused-ring (bicyclic) bond motifs is 4. The van der Waals surface area contributed by atoms with Crippen LogP contribution in [0.25, 0.3) is 6.08 Å². The number of carbonyl (C=O) groups excluding carboxylic acids is 2. The molecule has 5 rings (SSSR count). The van der Waals surface area contributed by atoms with Gasteiger partial charge in [-0.1, -0.05) is 18.2 Å². The normalized spacial score (nSPS) is 26.2. The van der Waals surface area contributed by atoms with Crippen molar-refractivity contribution in [3.63, 3.8) is 0 Å². The molecule has 0 unspecified atom stereocenters. The molecule has 3 aliphatic rings. The Morgan fingerprint density at radius 2 is 2.06 bits per heavy atom. The predicted molar refractivity (Wildman–Crippen MR) is 122 cm³/mol. The molecule has 2 fully saturated rings. The Bertz CT molecular complexity index is 1150. The average molecular weight is 449 g/mol. The molecule has 4 atom stereocenters. The summed E-state index contributed by atoms with van der Waals surface area (Å²) in [7, 11) is 0. The summed E-state index contributed by atoms with van der Waals surface area (Å²) < 4.78 is 1.67. The van der Waals surface area contributed by atoms with Crippen LogP contribution in [0, 0.1) is 11.8 Å². The van der Waals surface area contributed by atoms with Crippen molar-refractivity contribution in [1.29, 1.82) is 0 Å². The summed E-state index contributed by atoms with van der Waals surface area (Å²) in [4.78, 5) is 46.2. The Labute approximate surface area is 191 Å². The largest absolute Gasteiger partial charge is 0.396 e. The van der Waals surface area contributed by atoms with E-state index in [0.717, 1.165) is 19.3 Å². The van der Waals surface area contributed by atoms with Crippen molar-refractivity contribution in [2.75, 3.05) is 6.61 Å². The zero-order chi connectivity index (χ0) is 23.1. The molecule has 2 bridgehead atoms. The second-order valence-corrected chi connectivity index (χ2v) is 9.08. The summed E-state index contributed by atoms with van der Waals surface area (Å²) in [6, 6.07) is 7.71. The number of hydrogen-bond acceptors (Lipinski definition) is 5. The van der Waals surface area contributed by atoms with Gasteiger partial charge >= 0.3 is 0 Å². The van der Waals surface area contributed by atoms with Crippen molar-refractivity contribution in [2.45, 2.75) is 50.9 Å². The number of amides is 2. The maximum absolute atomic E-state index is 13.6. The predicted octanol–water partition coefficient (Wildman–Crippen LogP) is 1.75. The van der Waals surface area contributed by atoms with Crippen LogP contribution >= 0.6 is 0 Å². The third kappa shape index (κ3) is 3.49. The van der Waals surface area contributed by atoms with Gasteiger partial charge in [-0.2, -0.15) is 0 Å². The zero-order valence-electron chi connectivity index (χ0n) is 18.6. The smallest absolute Gasteiger partial charge is 0.273 e. The number of aliphatic hydroxyl groups is 1. The van der Waals surface area contributed by atoms with Crippen molar-refractivity contribution in [3.05, 3.63) is 69.9 Å². The third-order valence-electron chi connectivity index (χ3n) is 7.29. The van der Waals surface area contributed by atoms with Gasteiger partial charge in [-0.25, -0.2) is 0 Å². The Morgan fingerprint density at radius 1 is 1.24 bits per heavy atom. The molecule has 2 amide bonds. The molecule has 33 heavy (non-hydrogen) atoms. The summed E-state index contributed by atoms with van der Waals surface area (Å²) in [6.07, 6.45) is 8.09. The second-order valence-electron chi connectivity index (χ2n) is 9.08. The Balaban J connectivity index is 1.62. The highest BCUT2D eigenvalue weighted by Crippen LogP contribution is 2.49. The van der Waals surface area contributed by atoms with Crippen molar-refractivity contribution >= 4 is 17.9 Å². The van der Waals surface area contributed by atoms with Crippen LogP contribution in [-0.2, 0) is 11.3 Å². The lowest BCUT2D eigenvalue weighted by atomic mass is 9.85. The maximum Gasteiger partial charge on any atom is 0.273 e. The van der Waals surface area contributed by atoms with E-state index >= 15 is 0 Å². The van der Waals surface area contributed by atoms with Crippen molar-refractivity contribution in [3.8, 4) is 0 Å². The van der Waals surface area contributed by atoms with Crippen LogP contribution in [0.1, 0.15) is 54.0 Å². The maximum atomic E-state index is 13.6. The lowest BCUT2D eigenvalue weighted by Crippen LogP contribution is -2.49. The first kappa shape index (κ1) is 21.6. The number of aliphatic hydroxyl groups excluding tert-OH is 1. The van der Waals surface area contributed by atoms with Crippen LogP contribution in [0.15, 0.2) is 47.4 Å². The molecule has 1 saturated carbocycles. The van der Waals surface area contributed by atoms with Gasteiger partial charge in [0.1, 0.15) is 5.69 Å². The molecule has 0 spiro atoms. The van der Waals surface area contributed by atoms with Gasteiger partial charge in [0.15, 0.2) is 0 Å². The fourth-order valence-electron chi connectivity index (χ4n) is 5.48. The van der Waals surface area contributed by atoms with Crippen LogP contribution in [0.3, 0.4) is 0 Å². The highest BCUT2D eigenvalue weighted by Gasteiger charge is 2.57. The zero-order valence-corrected chi connectivity index (χ0v) is 18.6. The van der Waals surface area contributed by atoms with Crippen molar-refractivity contribution in [1.82, 2.24) is 19.8 Å². The summed E-state index contributed by atoms with van der Waals surface area (Å²) in [6.45, 7) is 1.83. The lowest BCUT2D eigenvalue weighted by molar-refractivity contribution is -0.128. The van der Waals surface area contributed by atoms with Gasteiger partial charge in [-0.05, 0) is 50.5 Å². The third-order valence-corrected chi connectivity index (χ3v) is 7.29. The SMILES string of the molecule is C/C=C/c1ccc2n(c1=O)C[C@H]1[C@H](CO)[C@@H](C(=O)NC3CCC3)[C@@H]2N1C(=O)c1ccccn1. The van der Waals surface area contributed by atoms with Gasteiger partial charge in [0, 0.05) is 42.6 Å². The van der Waals surface area contributed by atoms with E-state index < -0.39 is 23.9 Å². The van der Waals surface area contributed by atoms with Crippen molar-refractivity contribution < 1.29 is 14.7 Å². The number of hydrogen-bond donors (Lipinski definition) is 2. The Kier molecular flexibility index (Phi) is 5.62. The van der Waals surface area contributed by atoms with E-state index in [2.05, 4.69) is 10.3 Å². The number of pyridine rings is 2. The van der Waals surface area contributed by atoms with Gasteiger partial charge in [-0.15, -0.1) is 0 Å². The van der Waals surface area contributed by atoms with E-state index in [4.69, 9.17) is 0 Å². The number of allylic oxidation sites excluding steroid dienone is 1. The van der Waals surface area contributed by atoms with Crippen LogP contribution in [0.2, 0.25) is 0 Å². The van der Waals surface area contributed by atoms with Gasteiger partial charge in [-0.3, -0.25) is 19.4 Å². The van der Waals surface area contributed by atoms with E-state index in [1.165, 1.54) is 0 Å². The topological polar surface area (TPSA) is 105 Å². The van der Waals surface area contributed by atoms with Gasteiger partial charge in [0.25, 0.3) is 11.5 Å². The molecule has 2 N–H and O–H groups in total. The summed E-state index contributed by atoms with van der Waals surface area (Å²) >= 11 is 0. The standard InChI is InChI=1S/C25H28N4O4/c1-2-6-15-10-11-19-22-21(23(31)27-16-7-5-8-16)17(14-30)20(13-28(19)24(15)32)29(22)25(33)18-9-3-4-12-26-18/h2-4,6,9-12,16-17,20-22,30H,5,7-8,13-14H2,1H3,(H,27,31)/b6-2+/t17-,20-,21+,22+/m0/s1. The first-order chi connectivity index (χ1) is 16.0. The monoisotopic (exact) mass is 448 g/mol. The Morgan fingerprint density at radius 3 is 2.70 bits per heavy atom. The molecule has 1 saturated heterocycles. The first-order valence-electron chi connectivity index (χ1n) is 11.6. The molecular weight excluding hydrogens is 420 g/mol. The molecule has 1 aliphatic carbocycles. The molecule has 8 heteroatoms. The molecule has 4 heterocycles. The summed E-state index contributed by atoms with van der Waals surface area (Å²) in [5.41, 5.74) is 1.31. The average Bonchev–Trinajstić information content (AvgIpc) is 3.05. The van der Waals surface area contributed by atoms with Crippen LogP contribution in [0.4, 0.5) is 0 Å². The first-order valence-corrected chi connectivity index (χ1v) is 11.6. The molecule has 172 valence electrons. The number of carbonyl (C=O) groups is 2. The lowest BCUT2D eigenvalue weighted by Gasteiger charge is -2.38. The molecule has 2 aromatic rings. The van der Waals surface area contributed by atoms with E-state index in [-0.39, 0.29) is 42.3 Å². The number of rotatable bonds is 5. The highest BCUT2D eigenvalue weighted by molar-refractivity contribution is 5.94. The van der Waals surface area contributed by atoms with E-state index in [1.54, 1.807) is 46.0 Å². The number of nitrogens with zero attached hydrogens (tertiary/aromatic N) is 3. The molecule has 2 aliphatic heterocycles. The molecule has 0 radical (unpaired) electrons. The van der Waals surface area contributed by atoms with Gasteiger partial charge in [0.05, 0.1) is 18.0 Å². The van der Waals surface area contributed by atoms with Crippen LogP contribution in [-0.4, -0.2) is 50.1 Å². The van der Waals surface area contributed by atoms with Crippen molar-refractivity contribution in [2.24, 2.45) is 11.8 Å².